The van der Waals surface area contributed by atoms with E-state index in [1.165, 1.54) is 0 Å². The van der Waals surface area contributed by atoms with Gasteiger partial charge in [-0.15, -0.1) is 0 Å². The minimum absolute atomic E-state index is 0.251. The Morgan fingerprint density at radius 3 is 2.19 bits per heavy atom. The number of ether oxygens (including phenoxy) is 3. The number of nitrogens with one attached hydrogen (secondary N) is 2. The van der Waals surface area contributed by atoms with Crippen molar-refractivity contribution in [2.45, 2.75) is 53.2 Å². The van der Waals surface area contributed by atoms with E-state index in [0.717, 1.165) is 0 Å². The lowest BCUT2D eigenvalue weighted by Crippen LogP contribution is -2.41. The molecular weight excluding hydrogens is 344 g/mol. The second-order valence-corrected chi connectivity index (χ2v) is 7.83. The van der Waals surface area contributed by atoms with Crippen LogP contribution in [0.5, 0.6) is 0 Å². The maximum Gasteiger partial charge on any atom is 0.407 e. The van der Waals surface area contributed by atoms with Crippen molar-refractivity contribution in [2.24, 2.45) is 5.41 Å². The van der Waals surface area contributed by atoms with Crippen LogP contribution in [-0.2, 0) is 23.8 Å². The maximum absolute atomic E-state index is 11.7. The normalized spacial score (nSPS) is 13.0. The Kier molecular flexibility index (Phi) is 10.2. The number of amides is 2. The molecule has 0 aromatic rings. The van der Waals surface area contributed by atoms with Gasteiger partial charge >= 0.3 is 12.1 Å². The van der Waals surface area contributed by atoms with Gasteiger partial charge in [0.2, 0.25) is 5.91 Å². The summed E-state index contributed by atoms with van der Waals surface area (Å²) in [6, 6.07) is 0. The average Bonchev–Trinajstić information content (AvgIpc) is 2.47. The van der Waals surface area contributed by atoms with E-state index in [4.69, 9.17) is 14.6 Å². The Morgan fingerprint density at radius 2 is 1.65 bits per heavy atom. The Bertz CT molecular complexity index is 472. The van der Waals surface area contributed by atoms with Crippen molar-refractivity contribution in [1.82, 2.24) is 10.6 Å². The predicted molar refractivity (Wildman–Crippen MR) is 94.9 cm³/mol. The summed E-state index contributed by atoms with van der Waals surface area (Å²) in [5, 5.41) is 13.7. The standard InChI is InChI=1S/C17H32N2O7/c1-12(7-18-13(20)8-24-9-14(21)22)25-11-17(5,6)10-19-15(23)26-16(2,3)4/h12H,7-11H2,1-6H3,(H,18,20)(H,19,23)(H,21,22). The average molecular weight is 376 g/mol. The lowest BCUT2D eigenvalue weighted by Gasteiger charge is -2.28. The Labute approximate surface area is 154 Å². The van der Waals surface area contributed by atoms with Gasteiger partial charge in [-0.3, -0.25) is 4.79 Å². The molecule has 9 heteroatoms. The number of rotatable bonds is 11. The molecule has 152 valence electrons. The van der Waals surface area contributed by atoms with E-state index in [0.29, 0.717) is 13.2 Å². The van der Waals surface area contributed by atoms with Crippen LogP contribution >= 0.6 is 0 Å². The first-order valence-electron chi connectivity index (χ1n) is 8.45. The molecule has 0 bridgehead atoms. The number of carboxylic acids is 1. The monoisotopic (exact) mass is 376 g/mol. The van der Waals surface area contributed by atoms with Gasteiger partial charge < -0.3 is 30.0 Å². The molecule has 0 saturated heterocycles. The van der Waals surface area contributed by atoms with Crippen LogP contribution in [0.1, 0.15) is 41.5 Å². The van der Waals surface area contributed by atoms with Gasteiger partial charge in [-0.05, 0) is 27.7 Å². The fourth-order valence-electron chi connectivity index (χ4n) is 1.64. The smallest absolute Gasteiger partial charge is 0.407 e. The summed E-state index contributed by atoms with van der Waals surface area (Å²) in [6.07, 6.45) is -0.730. The van der Waals surface area contributed by atoms with Crippen molar-refractivity contribution in [3.63, 3.8) is 0 Å². The van der Waals surface area contributed by atoms with Gasteiger partial charge in [0.05, 0.1) is 12.7 Å². The SMILES string of the molecule is CC(CNC(=O)COCC(=O)O)OCC(C)(C)CNC(=O)OC(C)(C)C. The number of hydrogen-bond donors (Lipinski definition) is 3. The minimum atomic E-state index is -1.13. The predicted octanol–water partition coefficient (Wildman–Crippen LogP) is 1.16. The molecular formula is C17H32N2O7. The van der Waals surface area contributed by atoms with Crippen molar-refractivity contribution in [3.05, 3.63) is 0 Å². The Balaban J connectivity index is 4.01. The molecule has 0 aliphatic rings. The summed E-state index contributed by atoms with van der Waals surface area (Å²) < 4.78 is 15.6. The van der Waals surface area contributed by atoms with E-state index in [2.05, 4.69) is 15.4 Å². The quantitative estimate of drug-likeness (QED) is 0.494. The molecule has 0 fully saturated rings. The van der Waals surface area contributed by atoms with Crippen molar-refractivity contribution in [2.75, 3.05) is 32.9 Å². The van der Waals surface area contributed by atoms with Crippen LogP contribution in [0.4, 0.5) is 4.79 Å². The zero-order valence-corrected chi connectivity index (χ0v) is 16.5. The van der Waals surface area contributed by atoms with Crippen LogP contribution in [0.15, 0.2) is 0 Å². The molecule has 0 aromatic heterocycles. The molecule has 0 rings (SSSR count). The first-order valence-corrected chi connectivity index (χ1v) is 8.45. The molecule has 0 aliphatic heterocycles. The molecule has 0 aliphatic carbocycles. The molecule has 3 N–H and O–H groups in total. The molecule has 2 amide bonds. The maximum atomic E-state index is 11.7. The summed E-state index contributed by atoms with van der Waals surface area (Å²) in [5.41, 5.74) is -0.870. The highest BCUT2D eigenvalue weighted by Gasteiger charge is 2.23. The third kappa shape index (κ3) is 14.5. The van der Waals surface area contributed by atoms with E-state index in [1.807, 2.05) is 13.8 Å². The number of hydrogen-bond acceptors (Lipinski definition) is 6. The van der Waals surface area contributed by atoms with E-state index in [9.17, 15) is 14.4 Å². The highest BCUT2D eigenvalue weighted by atomic mass is 16.6. The first kappa shape index (κ1) is 24.1. The molecule has 0 spiro atoms. The number of alkyl carbamates (subject to hydrolysis) is 1. The second-order valence-electron chi connectivity index (χ2n) is 7.83. The number of carboxylic acid groups (broad SMARTS) is 1. The molecule has 9 nitrogen and oxygen atoms in total. The molecule has 1 unspecified atom stereocenters. The van der Waals surface area contributed by atoms with Gasteiger partial charge in [0.15, 0.2) is 0 Å². The van der Waals surface area contributed by atoms with Gasteiger partial charge in [-0.2, -0.15) is 0 Å². The van der Waals surface area contributed by atoms with Gasteiger partial charge in [0, 0.05) is 18.5 Å². The van der Waals surface area contributed by atoms with Crippen molar-refractivity contribution >= 4 is 18.0 Å². The fraction of sp³-hybridized carbons (Fsp3) is 0.824. The zero-order chi connectivity index (χ0) is 20.4. The van der Waals surface area contributed by atoms with E-state index < -0.39 is 30.2 Å². The van der Waals surface area contributed by atoms with Crippen molar-refractivity contribution in [1.29, 1.82) is 0 Å². The van der Waals surface area contributed by atoms with Gasteiger partial charge in [-0.25, -0.2) is 9.59 Å². The number of aliphatic carboxylic acids is 1. The Hall–Kier alpha value is -1.87. The van der Waals surface area contributed by atoms with Crippen molar-refractivity contribution < 1.29 is 33.7 Å². The lowest BCUT2D eigenvalue weighted by molar-refractivity contribution is -0.143. The second kappa shape index (κ2) is 11.0. The summed E-state index contributed by atoms with van der Waals surface area (Å²) >= 11 is 0. The highest BCUT2D eigenvalue weighted by Crippen LogP contribution is 2.15. The van der Waals surface area contributed by atoms with E-state index >= 15 is 0 Å². The van der Waals surface area contributed by atoms with Crippen LogP contribution in [0.2, 0.25) is 0 Å². The van der Waals surface area contributed by atoms with E-state index in [1.54, 1.807) is 27.7 Å². The van der Waals surface area contributed by atoms with Gasteiger partial charge in [-0.1, -0.05) is 13.8 Å². The summed E-state index contributed by atoms with van der Waals surface area (Å²) in [7, 11) is 0. The number of carbonyl (C=O) groups is 3. The molecule has 1 atom stereocenters. The zero-order valence-electron chi connectivity index (χ0n) is 16.5. The highest BCUT2D eigenvalue weighted by molar-refractivity contribution is 5.77. The summed E-state index contributed by atoms with van der Waals surface area (Å²) in [6.45, 7) is 11.3. The number of carbonyl (C=O) groups excluding carboxylic acids is 2. The van der Waals surface area contributed by atoms with Gasteiger partial charge in [0.25, 0.3) is 0 Å². The third-order valence-corrected chi connectivity index (χ3v) is 2.91. The first-order chi connectivity index (χ1) is 11.8. The summed E-state index contributed by atoms with van der Waals surface area (Å²) in [5.74, 6) is -1.54. The Morgan fingerprint density at radius 1 is 1.04 bits per heavy atom. The van der Waals surface area contributed by atoms with Gasteiger partial charge in [0.1, 0.15) is 18.8 Å². The van der Waals surface area contributed by atoms with E-state index in [-0.39, 0.29) is 24.7 Å². The molecule has 26 heavy (non-hydrogen) atoms. The molecule has 0 radical (unpaired) electrons. The molecule has 0 aromatic carbocycles. The van der Waals surface area contributed by atoms with Crippen molar-refractivity contribution in [3.8, 4) is 0 Å². The minimum Gasteiger partial charge on any atom is -0.480 e. The third-order valence-electron chi connectivity index (χ3n) is 2.91. The molecule has 0 saturated carbocycles. The van der Waals surface area contributed by atoms with Crippen LogP contribution in [0.25, 0.3) is 0 Å². The largest absolute Gasteiger partial charge is 0.480 e. The van der Waals surface area contributed by atoms with Crippen LogP contribution in [0.3, 0.4) is 0 Å². The fourth-order valence-corrected chi connectivity index (χ4v) is 1.64. The topological polar surface area (TPSA) is 123 Å². The van der Waals surface area contributed by atoms with Crippen LogP contribution in [-0.4, -0.2) is 67.7 Å². The summed E-state index contributed by atoms with van der Waals surface area (Å²) in [4.78, 5) is 33.4. The van der Waals surface area contributed by atoms with Crippen LogP contribution < -0.4 is 10.6 Å². The van der Waals surface area contributed by atoms with Crippen LogP contribution in [0, 0.1) is 5.41 Å². The molecule has 0 heterocycles. The lowest BCUT2D eigenvalue weighted by atomic mass is 9.95.